The molecule has 1 fully saturated rings. The molecule has 0 radical (unpaired) electrons. The van der Waals surface area contributed by atoms with Gasteiger partial charge in [0, 0.05) is 17.2 Å². The number of fused-ring (bicyclic) bond motifs is 1. The summed E-state index contributed by atoms with van der Waals surface area (Å²) in [5.41, 5.74) is -1.28. The molecule has 3 aromatic rings. The number of nitrogens with one attached hydrogen (secondary N) is 1. The number of amides is 1. The van der Waals surface area contributed by atoms with E-state index >= 15 is 0 Å². The number of halogens is 2. The molecule has 1 aliphatic carbocycles. The third-order valence-electron chi connectivity index (χ3n) is 6.04. The Morgan fingerprint density at radius 1 is 1.32 bits per heavy atom. The molecule has 2 aromatic carbocycles. The number of nitrogens with zero attached hydrogens (tertiary/aromatic N) is 3. The summed E-state index contributed by atoms with van der Waals surface area (Å²) in [6.07, 6.45) is 2.28. The van der Waals surface area contributed by atoms with Crippen LogP contribution in [0.2, 0.25) is 0 Å². The van der Waals surface area contributed by atoms with E-state index in [0.29, 0.717) is 11.0 Å². The van der Waals surface area contributed by atoms with Crippen molar-refractivity contribution >= 4 is 22.9 Å². The normalized spacial score (nSPS) is 16.9. The van der Waals surface area contributed by atoms with Crippen LogP contribution in [0.25, 0.3) is 11.0 Å². The van der Waals surface area contributed by atoms with E-state index in [1.165, 1.54) is 37.3 Å². The molecule has 0 spiro atoms. The number of nitriles is 1. The highest BCUT2D eigenvalue weighted by atomic mass is 19.1. The average Bonchev–Trinajstić information content (AvgIpc) is 3.01. The Kier molecular flexibility index (Phi) is 5.02. The maximum absolute atomic E-state index is 14.1. The predicted octanol–water partition coefficient (Wildman–Crippen LogP) is 4.32. The van der Waals surface area contributed by atoms with Crippen molar-refractivity contribution in [1.29, 1.82) is 5.26 Å². The van der Waals surface area contributed by atoms with Crippen LogP contribution in [0.3, 0.4) is 0 Å². The fraction of sp³-hybridized carbons (Fsp3) is 0.348. The molecule has 0 bridgehead atoms. The van der Waals surface area contributed by atoms with Gasteiger partial charge in [-0.05, 0) is 45.2 Å². The smallest absolute Gasteiger partial charge is 0.229 e. The van der Waals surface area contributed by atoms with Crippen LogP contribution in [0, 0.1) is 23.0 Å². The lowest BCUT2D eigenvalue weighted by atomic mass is 9.78. The molecule has 8 heteroatoms. The molecule has 1 unspecified atom stereocenters. The van der Waals surface area contributed by atoms with E-state index in [-0.39, 0.29) is 22.6 Å². The Hall–Kier alpha value is -3.31. The molecule has 0 aliphatic heterocycles. The number of anilines is 1. The maximum atomic E-state index is 14.1. The van der Waals surface area contributed by atoms with Gasteiger partial charge in [0.25, 0.3) is 0 Å². The molecule has 1 heterocycles. The van der Waals surface area contributed by atoms with Gasteiger partial charge < -0.3 is 9.67 Å². The molecule has 2 N–H and O–H groups in total. The predicted molar refractivity (Wildman–Crippen MR) is 111 cm³/mol. The van der Waals surface area contributed by atoms with Gasteiger partial charge in [-0.25, -0.2) is 13.8 Å². The number of carbonyl (C=O) groups excluding carboxylic acids is 1. The summed E-state index contributed by atoms with van der Waals surface area (Å²) in [4.78, 5) is 17.2. The second-order valence-corrected chi connectivity index (χ2v) is 8.53. The SMILES string of the molecule is CC(O)(CC(=O)Nc1nc2cc(F)c(C#N)cc2n1C1(C)CCC1)c1ccccc1F. The van der Waals surface area contributed by atoms with Gasteiger partial charge in [0.05, 0.1) is 28.6 Å². The van der Waals surface area contributed by atoms with Crippen LogP contribution < -0.4 is 5.32 Å². The maximum Gasteiger partial charge on any atom is 0.229 e. The molecule has 4 rings (SSSR count). The zero-order chi connectivity index (χ0) is 22.4. The molecule has 31 heavy (non-hydrogen) atoms. The van der Waals surface area contributed by atoms with Gasteiger partial charge in [0.1, 0.15) is 17.7 Å². The number of hydrogen-bond donors (Lipinski definition) is 2. The van der Waals surface area contributed by atoms with E-state index in [4.69, 9.17) is 0 Å². The van der Waals surface area contributed by atoms with Crippen molar-refractivity contribution in [2.45, 2.75) is 50.7 Å². The van der Waals surface area contributed by atoms with Crippen molar-refractivity contribution in [1.82, 2.24) is 9.55 Å². The van der Waals surface area contributed by atoms with Gasteiger partial charge in [-0.2, -0.15) is 5.26 Å². The summed E-state index contributed by atoms with van der Waals surface area (Å²) in [7, 11) is 0. The number of aromatic nitrogens is 2. The van der Waals surface area contributed by atoms with E-state index in [9.17, 15) is 23.9 Å². The molecular weight excluding hydrogens is 402 g/mol. The standard InChI is InChI=1S/C23H22F2N4O2/c1-22(8-5-9-22)29-19-10-14(13-26)17(25)11-18(19)27-21(29)28-20(30)12-23(2,31)15-6-3-4-7-16(15)24/h3-4,6-7,10-11,31H,5,8-9,12H2,1-2H3,(H,27,28,30). The first-order valence-electron chi connectivity index (χ1n) is 10.0. The minimum absolute atomic E-state index is 0.0188. The summed E-state index contributed by atoms with van der Waals surface area (Å²) in [5, 5.41) is 22.6. The van der Waals surface area contributed by atoms with E-state index in [0.717, 1.165) is 19.3 Å². The van der Waals surface area contributed by atoms with Gasteiger partial charge in [0.2, 0.25) is 11.9 Å². The van der Waals surface area contributed by atoms with Crippen molar-refractivity contribution < 1.29 is 18.7 Å². The summed E-state index contributed by atoms with van der Waals surface area (Å²) in [6.45, 7) is 3.38. The second-order valence-electron chi connectivity index (χ2n) is 8.53. The quantitative estimate of drug-likeness (QED) is 0.638. The van der Waals surface area contributed by atoms with Gasteiger partial charge in [-0.3, -0.25) is 10.1 Å². The van der Waals surface area contributed by atoms with Crippen LogP contribution in [0.4, 0.5) is 14.7 Å². The first kappa shape index (κ1) is 20.9. The van der Waals surface area contributed by atoms with E-state index in [1.54, 1.807) is 6.07 Å². The van der Waals surface area contributed by atoms with Crippen molar-refractivity contribution in [3.63, 3.8) is 0 Å². The lowest BCUT2D eigenvalue weighted by Gasteiger charge is -2.41. The fourth-order valence-electron chi connectivity index (χ4n) is 4.20. The van der Waals surface area contributed by atoms with Gasteiger partial charge in [-0.15, -0.1) is 0 Å². The molecular formula is C23H22F2N4O2. The summed E-state index contributed by atoms with van der Waals surface area (Å²) < 4.78 is 30.1. The van der Waals surface area contributed by atoms with Crippen molar-refractivity contribution in [3.8, 4) is 6.07 Å². The lowest BCUT2D eigenvalue weighted by molar-refractivity contribution is -0.120. The largest absolute Gasteiger partial charge is 0.385 e. The lowest BCUT2D eigenvalue weighted by Crippen LogP contribution is -2.39. The highest BCUT2D eigenvalue weighted by molar-refractivity contribution is 5.92. The summed E-state index contributed by atoms with van der Waals surface area (Å²) in [6, 6.07) is 10.2. The Morgan fingerprint density at radius 3 is 2.65 bits per heavy atom. The molecule has 1 aromatic heterocycles. The Balaban J connectivity index is 1.69. The van der Waals surface area contributed by atoms with E-state index < -0.39 is 29.6 Å². The number of hydrogen-bond acceptors (Lipinski definition) is 4. The van der Waals surface area contributed by atoms with Crippen LogP contribution in [0.15, 0.2) is 36.4 Å². The number of benzene rings is 2. The molecule has 1 saturated carbocycles. The topological polar surface area (TPSA) is 90.9 Å². The third-order valence-corrected chi connectivity index (χ3v) is 6.04. The van der Waals surface area contributed by atoms with Crippen LogP contribution in [0.5, 0.6) is 0 Å². The van der Waals surface area contributed by atoms with Crippen LogP contribution >= 0.6 is 0 Å². The molecule has 1 atom stereocenters. The van der Waals surface area contributed by atoms with E-state index in [1.807, 2.05) is 17.6 Å². The fourth-order valence-corrected chi connectivity index (χ4v) is 4.20. The minimum atomic E-state index is -1.73. The van der Waals surface area contributed by atoms with Crippen molar-refractivity contribution in [3.05, 3.63) is 59.2 Å². The first-order chi connectivity index (χ1) is 14.6. The van der Waals surface area contributed by atoms with Gasteiger partial charge >= 0.3 is 0 Å². The number of rotatable bonds is 5. The van der Waals surface area contributed by atoms with Crippen LogP contribution in [-0.2, 0) is 15.9 Å². The first-order valence-corrected chi connectivity index (χ1v) is 10.0. The Morgan fingerprint density at radius 2 is 2.03 bits per heavy atom. The molecule has 1 aliphatic rings. The van der Waals surface area contributed by atoms with Gasteiger partial charge in [-0.1, -0.05) is 18.2 Å². The zero-order valence-corrected chi connectivity index (χ0v) is 17.2. The molecule has 160 valence electrons. The summed E-state index contributed by atoms with van der Waals surface area (Å²) in [5.74, 6) is -1.64. The van der Waals surface area contributed by atoms with Crippen molar-refractivity contribution in [2.24, 2.45) is 0 Å². The van der Waals surface area contributed by atoms with Crippen LogP contribution in [-0.4, -0.2) is 20.6 Å². The Labute approximate surface area is 178 Å². The van der Waals surface area contributed by atoms with Crippen molar-refractivity contribution in [2.75, 3.05) is 5.32 Å². The number of aliphatic hydroxyl groups is 1. The third kappa shape index (κ3) is 3.66. The monoisotopic (exact) mass is 424 g/mol. The highest BCUT2D eigenvalue weighted by Crippen LogP contribution is 2.43. The van der Waals surface area contributed by atoms with Gasteiger partial charge in [0.15, 0.2) is 0 Å². The Bertz CT molecular complexity index is 1220. The number of imidazole rings is 1. The average molecular weight is 424 g/mol. The molecule has 6 nitrogen and oxygen atoms in total. The van der Waals surface area contributed by atoms with E-state index in [2.05, 4.69) is 10.3 Å². The molecule has 1 amide bonds. The summed E-state index contributed by atoms with van der Waals surface area (Å²) >= 11 is 0. The minimum Gasteiger partial charge on any atom is -0.385 e. The second kappa shape index (κ2) is 7.43. The highest BCUT2D eigenvalue weighted by Gasteiger charge is 2.38. The zero-order valence-electron chi connectivity index (χ0n) is 17.2. The number of carbonyl (C=O) groups is 1. The molecule has 0 saturated heterocycles. The van der Waals surface area contributed by atoms with Crippen LogP contribution in [0.1, 0.15) is 50.7 Å².